The minimum atomic E-state index is -0.0382. The molecule has 5 heteroatoms. The van der Waals surface area contributed by atoms with Crippen molar-refractivity contribution in [2.45, 2.75) is 45.1 Å². The zero-order valence-electron chi connectivity index (χ0n) is 12.1. The van der Waals surface area contributed by atoms with E-state index in [1.807, 2.05) is 13.0 Å². The first-order chi connectivity index (χ1) is 9.07. The molecule has 0 aromatic carbocycles. The Morgan fingerprint density at radius 2 is 2.32 bits per heavy atom. The molecule has 0 bridgehead atoms. The Balaban J connectivity index is 2.20. The van der Waals surface area contributed by atoms with Crippen molar-refractivity contribution < 1.29 is 4.74 Å². The van der Waals surface area contributed by atoms with Gasteiger partial charge in [0.15, 0.2) is 0 Å². The largest absolute Gasteiger partial charge is 0.481 e. The Labute approximate surface area is 115 Å². The van der Waals surface area contributed by atoms with Gasteiger partial charge in [-0.3, -0.25) is 0 Å². The number of ether oxygens (including phenoxy) is 1. The molecule has 1 aromatic heterocycles. The highest BCUT2D eigenvalue weighted by atomic mass is 16.5. The van der Waals surface area contributed by atoms with E-state index in [-0.39, 0.29) is 5.54 Å². The van der Waals surface area contributed by atoms with Gasteiger partial charge in [-0.25, -0.2) is 4.98 Å². The van der Waals surface area contributed by atoms with Crippen LogP contribution in [-0.2, 0) is 0 Å². The third-order valence-electron chi connectivity index (χ3n) is 3.90. The highest BCUT2D eigenvalue weighted by Crippen LogP contribution is 2.34. The maximum atomic E-state index is 6.02. The van der Waals surface area contributed by atoms with Crippen LogP contribution in [0.1, 0.15) is 38.4 Å². The minimum Gasteiger partial charge on any atom is -0.481 e. The Bertz CT molecular complexity index is 437. The molecule has 0 saturated heterocycles. The van der Waals surface area contributed by atoms with Crippen LogP contribution < -0.4 is 15.8 Å². The van der Waals surface area contributed by atoms with Crippen molar-refractivity contribution in [2.75, 3.05) is 19.0 Å². The van der Waals surface area contributed by atoms with E-state index in [0.717, 1.165) is 18.7 Å². The second-order valence-corrected chi connectivity index (χ2v) is 5.65. The first kappa shape index (κ1) is 14.1. The van der Waals surface area contributed by atoms with E-state index in [4.69, 9.17) is 10.5 Å². The van der Waals surface area contributed by atoms with Crippen molar-refractivity contribution in [1.29, 1.82) is 0 Å². The molecular weight excluding hydrogens is 240 g/mol. The summed E-state index contributed by atoms with van der Waals surface area (Å²) in [6.45, 7) is 4.78. The van der Waals surface area contributed by atoms with Crippen LogP contribution in [-0.4, -0.2) is 29.2 Å². The van der Waals surface area contributed by atoms with Gasteiger partial charge in [0.1, 0.15) is 11.6 Å². The lowest BCUT2D eigenvalue weighted by molar-refractivity contribution is 0.263. The third kappa shape index (κ3) is 3.35. The molecule has 0 radical (unpaired) electrons. The molecule has 106 valence electrons. The average Bonchev–Trinajstić information content (AvgIpc) is 2.38. The Morgan fingerprint density at radius 3 is 2.95 bits per heavy atom. The molecule has 1 fully saturated rings. The lowest BCUT2D eigenvalue weighted by Crippen LogP contribution is -2.49. The SMILES string of the molecule is COc1cc(NC2(CN)CCCC(C)C2)nc(C)n1. The van der Waals surface area contributed by atoms with Crippen molar-refractivity contribution in [3.8, 4) is 5.88 Å². The van der Waals surface area contributed by atoms with Gasteiger partial charge in [0.25, 0.3) is 0 Å². The average molecular weight is 264 g/mol. The second kappa shape index (κ2) is 5.74. The molecule has 19 heavy (non-hydrogen) atoms. The number of anilines is 1. The normalized spacial score (nSPS) is 27.1. The van der Waals surface area contributed by atoms with Crippen LogP contribution in [0.5, 0.6) is 5.88 Å². The number of methoxy groups -OCH3 is 1. The van der Waals surface area contributed by atoms with Gasteiger partial charge in [-0.05, 0) is 25.7 Å². The van der Waals surface area contributed by atoms with Gasteiger partial charge in [0.05, 0.1) is 12.6 Å². The fraction of sp³-hybridized carbons (Fsp3) is 0.714. The summed E-state index contributed by atoms with van der Waals surface area (Å²) in [6.07, 6.45) is 4.69. The van der Waals surface area contributed by atoms with Crippen LogP contribution >= 0.6 is 0 Å². The summed E-state index contributed by atoms with van der Waals surface area (Å²) in [5.41, 5.74) is 5.98. The van der Waals surface area contributed by atoms with Crippen LogP contribution in [0.2, 0.25) is 0 Å². The van der Waals surface area contributed by atoms with Crippen LogP contribution in [0.25, 0.3) is 0 Å². The summed E-state index contributed by atoms with van der Waals surface area (Å²) in [5, 5.41) is 3.53. The maximum absolute atomic E-state index is 6.02. The van der Waals surface area contributed by atoms with Crippen LogP contribution in [0.3, 0.4) is 0 Å². The van der Waals surface area contributed by atoms with E-state index in [1.165, 1.54) is 12.8 Å². The number of hydrogen-bond acceptors (Lipinski definition) is 5. The molecule has 2 atom stereocenters. The first-order valence-corrected chi connectivity index (χ1v) is 6.95. The predicted octanol–water partition coefficient (Wildman–Crippen LogP) is 2.11. The molecule has 3 N–H and O–H groups in total. The number of rotatable bonds is 4. The molecule has 0 amide bonds. The van der Waals surface area contributed by atoms with Crippen LogP contribution in [0.4, 0.5) is 5.82 Å². The van der Waals surface area contributed by atoms with Crippen molar-refractivity contribution in [3.05, 3.63) is 11.9 Å². The molecule has 1 aromatic rings. The van der Waals surface area contributed by atoms with Crippen molar-refractivity contribution in [3.63, 3.8) is 0 Å². The fourth-order valence-electron chi connectivity index (χ4n) is 2.99. The lowest BCUT2D eigenvalue weighted by atomic mass is 9.76. The summed E-state index contributed by atoms with van der Waals surface area (Å²) >= 11 is 0. The predicted molar refractivity (Wildman–Crippen MR) is 76.4 cm³/mol. The van der Waals surface area contributed by atoms with Crippen molar-refractivity contribution >= 4 is 5.82 Å². The molecule has 1 heterocycles. The topological polar surface area (TPSA) is 73.1 Å². The Morgan fingerprint density at radius 1 is 1.53 bits per heavy atom. The van der Waals surface area contributed by atoms with Gasteiger partial charge in [-0.2, -0.15) is 4.98 Å². The molecule has 1 aliphatic rings. The molecule has 1 aliphatic carbocycles. The van der Waals surface area contributed by atoms with Gasteiger partial charge >= 0.3 is 0 Å². The number of nitrogens with two attached hydrogens (primary N) is 1. The molecule has 1 saturated carbocycles. The number of aromatic nitrogens is 2. The molecule has 5 nitrogen and oxygen atoms in total. The third-order valence-corrected chi connectivity index (χ3v) is 3.90. The van der Waals surface area contributed by atoms with Crippen molar-refractivity contribution in [1.82, 2.24) is 9.97 Å². The summed E-state index contributed by atoms with van der Waals surface area (Å²) in [7, 11) is 1.62. The molecule has 2 unspecified atom stereocenters. The Kier molecular flexibility index (Phi) is 4.24. The van der Waals surface area contributed by atoms with Crippen LogP contribution in [0, 0.1) is 12.8 Å². The van der Waals surface area contributed by atoms with Gasteiger partial charge in [0.2, 0.25) is 5.88 Å². The Hall–Kier alpha value is -1.36. The zero-order valence-corrected chi connectivity index (χ0v) is 12.1. The van der Waals surface area contributed by atoms with E-state index in [0.29, 0.717) is 24.2 Å². The van der Waals surface area contributed by atoms with Gasteiger partial charge in [-0.15, -0.1) is 0 Å². The maximum Gasteiger partial charge on any atom is 0.218 e. The van der Waals surface area contributed by atoms with E-state index in [9.17, 15) is 0 Å². The summed E-state index contributed by atoms with van der Waals surface area (Å²) in [6, 6.07) is 1.84. The van der Waals surface area contributed by atoms with E-state index >= 15 is 0 Å². The highest BCUT2D eigenvalue weighted by molar-refractivity contribution is 5.41. The van der Waals surface area contributed by atoms with E-state index < -0.39 is 0 Å². The van der Waals surface area contributed by atoms with Crippen LogP contribution in [0.15, 0.2) is 6.07 Å². The van der Waals surface area contributed by atoms with Gasteiger partial charge in [-0.1, -0.05) is 19.8 Å². The monoisotopic (exact) mass is 264 g/mol. The molecular formula is C14H24N4O. The molecule has 0 aliphatic heterocycles. The second-order valence-electron chi connectivity index (χ2n) is 5.65. The smallest absolute Gasteiger partial charge is 0.218 e. The van der Waals surface area contributed by atoms with E-state index in [1.54, 1.807) is 7.11 Å². The summed E-state index contributed by atoms with van der Waals surface area (Å²) in [4.78, 5) is 8.64. The number of hydrogen-bond donors (Lipinski definition) is 2. The van der Waals surface area contributed by atoms with E-state index in [2.05, 4.69) is 22.2 Å². The van der Waals surface area contributed by atoms with Gasteiger partial charge in [0, 0.05) is 12.6 Å². The summed E-state index contributed by atoms with van der Waals surface area (Å²) in [5.74, 6) is 2.81. The molecule has 2 rings (SSSR count). The number of nitrogens with one attached hydrogen (secondary N) is 1. The minimum absolute atomic E-state index is 0.0382. The van der Waals surface area contributed by atoms with Crippen molar-refractivity contribution in [2.24, 2.45) is 11.7 Å². The summed E-state index contributed by atoms with van der Waals surface area (Å²) < 4.78 is 5.19. The number of aryl methyl sites for hydroxylation is 1. The standard InChI is InChI=1S/C14H24N4O/c1-10-5-4-6-14(8-10,9-15)18-12-7-13(19-3)17-11(2)16-12/h7,10H,4-6,8-9,15H2,1-3H3,(H,16,17,18). The fourth-order valence-corrected chi connectivity index (χ4v) is 2.99. The first-order valence-electron chi connectivity index (χ1n) is 6.95. The van der Waals surface area contributed by atoms with Gasteiger partial charge < -0.3 is 15.8 Å². The number of nitrogens with zero attached hydrogens (tertiary/aromatic N) is 2. The zero-order chi connectivity index (χ0) is 13.9. The highest BCUT2D eigenvalue weighted by Gasteiger charge is 2.34. The quantitative estimate of drug-likeness (QED) is 0.871. The lowest BCUT2D eigenvalue weighted by Gasteiger charge is -2.40. The molecule has 0 spiro atoms.